The van der Waals surface area contributed by atoms with Crippen LogP contribution >= 0.6 is 27.5 Å². The molecule has 7 heteroatoms. The first-order valence-electron chi connectivity index (χ1n) is 7.66. The number of carbonyl (C=O) groups is 3. The van der Waals surface area contributed by atoms with E-state index < -0.39 is 23.8 Å². The molecule has 5 nitrogen and oxygen atoms in total. The molecule has 0 bridgehead atoms. The molecule has 3 amide bonds. The van der Waals surface area contributed by atoms with Crippen LogP contribution in [-0.4, -0.2) is 28.7 Å². The molecular weight excluding hydrogens is 396 g/mol. The Morgan fingerprint density at radius 3 is 2.54 bits per heavy atom. The molecule has 2 aliphatic rings. The third kappa shape index (κ3) is 3.13. The minimum absolute atomic E-state index is 0.288. The van der Waals surface area contributed by atoms with Gasteiger partial charge >= 0.3 is 0 Å². The summed E-state index contributed by atoms with van der Waals surface area (Å²) in [5.41, 5.74) is 0.608. The number of rotatable bonds is 3. The van der Waals surface area contributed by atoms with Gasteiger partial charge in [-0.3, -0.25) is 19.3 Å². The molecule has 1 aromatic carbocycles. The van der Waals surface area contributed by atoms with Crippen molar-refractivity contribution in [3.8, 4) is 0 Å². The molecule has 126 valence electrons. The molecule has 1 aliphatic heterocycles. The van der Waals surface area contributed by atoms with Gasteiger partial charge in [-0.25, -0.2) is 0 Å². The number of nitrogens with zero attached hydrogens (tertiary/aromatic N) is 1. The number of imide groups is 1. The van der Waals surface area contributed by atoms with Crippen molar-refractivity contribution in [3.05, 3.63) is 39.8 Å². The maximum absolute atomic E-state index is 12.6. The second-order valence-electron chi connectivity index (χ2n) is 6.02. The van der Waals surface area contributed by atoms with Crippen molar-refractivity contribution in [2.24, 2.45) is 11.8 Å². The van der Waals surface area contributed by atoms with Crippen molar-refractivity contribution >= 4 is 50.9 Å². The van der Waals surface area contributed by atoms with Crippen molar-refractivity contribution in [1.82, 2.24) is 4.90 Å². The third-order valence-electron chi connectivity index (χ3n) is 4.48. The van der Waals surface area contributed by atoms with Crippen molar-refractivity contribution in [3.63, 3.8) is 0 Å². The minimum Gasteiger partial charge on any atom is -0.324 e. The minimum atomic E-state index is -0.863. The molecule has 3 rings (SSSR count). The number of nitrogens with one attached hydrogen (secondary N) is 1. The predicted molar refractivity (Wildman–Crippen MR) is 94.2 cm³/mol. The van der Waals surface area contributed by atoms with E-state index in [0.717, 1.165) is 9.37 Å². The van der Waals surface area contributed by atoms with Crippen molar-refractivity contribution < 1.29 is 14.4 Å². The van der Waals surface area contributed by atoms with Crippen LogP contribution in [0.4, 0.5) is 5.69 Å². The number of carbonyl (C=O) groups excluding carboxylic acids is 3. The van der Waals surface area contributed by atoms with Gasteiger partial charge < -0.3 is 5.32 Å². The second kappa shape index (κ2) is 6.69. The molecular formula is C17H16BrClN2O3. The highest BCUT2D eigenvalue weighted by Gasteiger charge is 2.51. The van der Waals surface area contributed by atoms with Gasteiger partial charge in [-0.15, -0.1) is 0 Å². The summed E-state index contributed by atoms with van der Waals surface area (Å²) in [6.45, 7) is 1.57. The van der Waals surface area contributed by atoms with E-state index in [4.69, 9.17) is 11.6 Å². The molecule has 1 saturated heterocycles. The smallest absolute Gasteiger partial charge is 0.247 e. The van der Waals surface area contributed by atoms with E-state index in [1.807, 2.05) is 0 Å². The highest BCUT2D eigenvalue weighted by atomic mass is 79.9. The monoisotopic (exact) mass is 410 g/mol. The lowest BCUT2D eigenvalue weighted by Gasteiger charge is -2.22. The molecule has 3 atom stereocenters. The molecule has 0 aromatic heterocycles. The van der Waals surface area contributed by atoms with E-state index >= 15 is 0 Å². The maximum atomic E-state index is 12.6. The van der Waals surface area contributed by atoms with Crippen molar-refractivity contribution in [2.45, 2.75) is 25.8 Å². The van der Waals surface area contributed by atoms with Gasteiger partial charge in [0.1, 0.15) is 6.04 Å². The Morgan fingerprint density at radius 2 is 1.88 bits per heavy atom. The van der Waals surface area contributed by atoms with Crippen LogP contribution < -0.4 is 5.32 Å². The van der Waals surface area contributed by atoms with E-state index in [1.54, 1.807) is 37.3 Å². The van der Waals surface area contributed by atoms with Gasteiger partial charge in [0.05, 0.1) is 11.8 Å². The maximum Gasteiger partial charge on any atom is 0.247 e. The van der Waals surface area contributed by atoms with Gasteiger partial charge in [-0.05, 0) is 44.0 Å². The topological polar surface area (TPSA) is 66.5 Å². The Bertz CT molecular complexity index is 732. The molecule has 0 unspecified atom stereocenters. The van der Waals surface area contributed by atoms with Gasteiger partial charge in [-0.2, -0.15) is 0 Å². The van der Waals surface area contributed by atoms with Crippen LogP contribution in [0.3, 0.4) is 0 Å². The Hall–Kier alpha value is -1.66. The number of likely N-dealkylation sites (tertiary alicyclic amines) is 1. The Balaban J connectivity index is 1.74. The molecule has 1 heterocycles. The Morgan fingerprint density at radius 1 is 1.25 bits per heavy atom. The van der Waals surface area contributed by atoms with Crippen molar-refractivity contribution in [1.29, 1.82) is 0 Å². The van der Waals surface area contributed by atoms with E-state index in [9.17, 15) is 14.4 Å². The van der Waals surface area contributed by atoms with Crippen molar-refractivity contribution in [2.75, 3.05) is 5.32 Å². The average molecular weight is 412 g/mol. The van der Waals surface area contributed by atoms with Gasteiger partial charge in [0, 0.05) is 15.2 Å². The number of amides is 3. The van der Waals surface area contributed by atoms with Crippen LogP contribution in [0.15, 0.2) is 39.8 Å². The van der Waals surface area contributed by atoms with E-state index in [-0.39, 0.29) is 11.8 Å². The quantitative estimate of drug-likeness (QED) is 0.776. The number of fused-ring (bicyclic) bond motifs is 1. The number of benzene rings is 1. The lowest BCUT2D eigenvalue weighted by atomic mass is 9.85. The highest BCUT2D eigenvalue weighted by Crippen LogP contribution is 2.39. The molecule has 24 heavy (non-hydrogen) atoms. The molecule has 1 fully saturated rings. The molecule has 0 saturated carbocycles. The number of hydrogen-bond acceptors (Lipinski definition) is 3. The number of hydrogen-bond donors (Lipinski definition) is 1. The highest BCUT2D eigenvalue weighted by molar-refractivity contribution is 9.10. The van der Waals surface area contributed by atoms with Crippen LogP contribution in [-0.2, 0) is 14.4 Å². The molecule has 0 spiro atoms. The molecule has 1 aromatic rings. The summed E-state index contributed by atoms with van der Waals surface area (Å²) in [4.78, 5) is 38.6. The zero-order valence-corrected chi connectivity index (χ0v) is 15.3. The second-order valence-corrected chi connectivity index (χ2v) is 7.42. The number of halogens is 2. The fourth-order valence-electron chi connectivity index (χ4n) is 3.13. The summed E-state index contributed by atoms with van der Waals surface area (Å²) in [7, 11) is 0. The summed E-state index contributed by atoms with van der Waals surface area (Å²) in [5, 5.41) is 3.34. The Kier molecular flexibility index (Phi) is 4.78. The van der Waals surface area contributed by atoms with Gasteiger partial charge in [0.2, 0.25) is 17.7 Å². The van der Waals surface area contributed by atoms with Crippen LogP contribution in [0.25, 0.3) is 0 Å². The van der Waals surface area contributed by atoms with E-state index in [2.05, 4.69) is 21.2 Å². The normalized spacial score (nSPS) is 24.5. The largest absolute Gasteiger partial charge is 0.324 e. The van der Waals surface area contributed by atoms with Gasteiger partial charge in [0.15, 0.2) is 0 Å². The van der Waals surface area contributed by atoms with Crippen LogP contribution in [0.2, 0.25) is 0 Å². The van der Waals surface area contributed by atoms with E-state index in [0.29, 0.717) is 23.6 Å². The SMILES string of the molecule is C[C@@H](C(=O)Nc1ccc(Br)cc1)N1C(=O)[C@H]2CC=C(Cl)C[C@@H]2C1=O. The average Bonchev–Trinajstić information content (AvgIpc) is 2.79. The Labute approximate surface area is 153 Å². The summed E-state index contributed by atoms with van der Waals surface area (Å²) in [6, 6.07) is 6.22. The first-order valence-corrected chi connectivity index (χ1v) is 8.83. The van der Waals surface area contributed by atoms with Crippen LogP contribution in [0, 0.1) is 11.8 Å². The summed E-state index contributed by atoms with van der Waals surface area (Å²) < 4.78 is 0.895. The summed E-state index contributed by atoms with van der Waals surface area (Å²) in [5.74, 6) is -1.84. The first-order chi connectivity index (χ1) is 11.4. The fourth-order valence-corrected chi connectivity index (χ4v) is 3.65. The summed E-state index contributed by atoms with van der Waals surface area (Å²) in [6.07, 6.45) is 2.60. The van der Waals surface area contributed by atoms with Gasteiger partial charge in [-0.1, -0.05) is 33.6 Å². The van der Waals surface area contributed by atoms with E-state index in [1.165, 1.54) is 0 Å². The lowest BCUT2D eigenvalue weighted by molar-refractivity contribution is -0.146. The predicted octanol–water partition coefficient (Wildman–Crippen LogP) is 3.29. The third-order valence-corrected chi connectivity index (χ3v) is 5.32. The summed E-state index contributed by atoms with van der Waals surface area (Å²) >= 11 is 9.33. The zero-order chi connectivity index (χ0) is 17.4. The number of allylic oxidation sites excluding steroid dienone is 2. The fraction of sp³-hybridized carbons (Fsp3) is 0.353. The standard InChI is InChI=1S/C17H16BrClN2O3/c1-9(15(22)20-12-5-2-10(18)3-6-12)21-16(23)13-7-4-11(19)8-14(13)17(21)24/h2-6,9,13-14H,7-8H2,1H3,(H,20,22)/t9-,13-,14-/m0/s1. The zero-order valence-electron chi connectivity index (χ0n) is 13.0. The molecule has 1 aliphatic carbocycles. The van der Waals surface area contributed by atoms with Gasteiger partial charge in [0.25, 0.3) is 0 Å². The first kappa shape index (κ1) is 17.2. The lowest BCUT2D eigenvalue weighted by Crippen LogP contribution is -2.46. The molecule has 1 N–H and O–H groups in total. The van der Waals surface area contributed by atoms with Crippen LogP contribution in [0.5, 0.6) is 0 Å². The molecule has 0 radical (unpaired) electrons. The van der Waals surface area contributed by atoms with Crippen LogP contribution in [0.1, 0.15) is 19.8 Å². The number of anilines is 1.